The molecule has 0 bridgehead atoms. The molecule has 0 unspecified atom stereocenters. The molecule has 1 saturated heterocycles. The van der Waals surface area contributed by atoms with Crippen molar-refractivity contribution < 1.29 is 14.3 Å². The number of benzene rings is 1. The first kappa shape index (κ1) is 20.7. The zero-order chi connectivity index (χ0) is 20.9. The van der Waals surface area contributed by atoms with Crippen molar-refractivity contribution in [2.75, 3.05) is 11.9 Å². The van der Waals surface area contributed by atoms with Crippen LogP contribution in [0.3, 0.4) is 0 Å². The van der Waals surface area contributed by atoms with Gasteiger partial charge < -0.3 is 15.3 Å². The van der Waals surface area contributed by atoms with Crippen molar-refractivity contribution in [3.05, 3.63) is 29.1 Å². The Morgan fingerprint density at radius 3 is 2.43 bits per heavy atom. The van der Waals surface area contributed by atoms with Gasteiger partial charge in [0.25, 0.3) is 0 Å². The van der Waals surface area contributed by atoms with Gasteiger partial charge in [-0.1, -0.05) is 11.3 Å². The Morgan fingerprint density at radius 1 is 1.25 bits per heavy atom. The molecule has 2 aromatic rings. The second-order valence-corrected chi connectivity index (χ2v) is 9.82. The topological polar surface area (TPSA) is 78.3 Å². The van der Waals surface area contributed by atoms with Crippen molar-refractivity contribution in [2.24, 2.45) is 0 Å². The van der Waals surface area contributed by atoms with Crippen LogP contribution < -0.4 is 10.2 Å². The van der Waals surface area contributed by atoms with E-state index in [0.29, 0.717) is 5.01 Å². The number of nitrogens with zero attached hydrogens (tertiary/aromatic N) is 3. The Labute approximate surface area is 168 Å². The lowest BCUT2D eigenvalue weighted by Crippen LogP contribution is -2.61. The molecule has 8 heteroatoms. The second kappa shape index (κ2) is 7.08. The first-order chi connectivity index (χ1) is 12.9. The van der Waals surface area contributed by atoms with Gasteiger partial charge in [0.2, 0.25) is 5.13 Å². The van der Waals surface area contributed by atoms with E-state index >= 15 is 0 Å². The first-order valence-corrected chi connectivity index (χ1v) is 10.1. The molecule has 0 spiro atoms. The lowest BCUT2D eigenvalue weighted by Gasteiger charge is -2.48. The van der Waals surface area contributed by atoms with Crippen LogP contribution in [0.15, 0.2) is 12.1 Å². The molecule has 3 rings (SSSR count). The number of aromatic nitrogens is 2. The molecule has 28 heavy (non-hydrogen) atoms. The van der Waals surface area contributed by atoms with Gasteiger partial charge in [0.15, 0.2) is 5.01 Å². The molecule has 0 amide bonds. The summed E-state index contributed by atoms with van der Waals surface area (Å²) in [6, 6.07) is 3.17. The molecule has 6 nitrogen and oxygen atoms in total. The maximum atomic E-state index is 14.7. The maximum absolute atomic E-state index is 14.7. The van der Waals surface area contributed by atoms with E-state index in [0.717, 1.165) is 18.0 Å². The van der Waals surface area contributed by atoms with Crippen molar-refractivity contribution in [2.45, 2.75) is 64.6 Å². The summed E-state index contributed by atoms with van der Waals surface area (Å²) in [4.78, 5) is 13.3. The average Bonchev–Trinajstić information content (AvgIpc) is 3.03. The van der Waals surface area contributed by atoms with Crippen molar-refractivity contribution in [3.8, 4) is 10.6 Å². The smallest absolute Gasteiger partial charge is 0.336 e. The third-order valence-electron chi connectivity index (χ3n) is 5.28. The van der Waals surface area contributed by atoms with Crippen LogP contribution in [0, 0.1) is 12.7 Å². The van der Waals surface area contributed by atoms with Gasteiger partial charge in [-0.15, -0.1) is 10.2 Å². The van der Waals surface area contributed by atoms with Gasteiger partial charge in [0.05, 0.1) is 5.56 Å². The standard InChI is InChI=1S/C20H27FN4O2S/c1-11-13(17(26)27)7-8-14(15(11)21)16-22-23-18(28-16)25(6)12-9-19(2,3)24-20(4,5)10-12/h7-8,12,24H,9-10H2,1-6H3,(H,26,27). The van der Waals surface area contributed by atoms with Gasteiger partial charge in [0, 0.05) is 29.7 Å². The van der Waals surface area contributed by atoms with E-state index < -0.39 is 11.8 Å². The summed E-state index contributed by atoms with van der Waals surface area (Å²) in [6.07, 6.45) is 1.92. The number of rotatable bonds is 4. The molecular weight excluding hydrogens is 379 g/mol. The predicted octanol–water partition coefficient (Wildman–Crippen LogP) is 4.10. The van der Waals surface area contributed by atoms with Gasteiger partial charge in [-0.05, 0) is 65.2 Å². The van der Waals surface area contributed by atoms with Crippen molar-refractivity contribution in [1.82, 2.24) is 15.5 Å². The zero-order valence-electron chi connectivity index (χ0n) is 17.1. The molecular formula is C20H27FN4O2S. The van der Waals surface area contributed by atoms with E-state index in [-0.39, 0.29) is 33.8 Å². The van der Waals surface area contributed by atoms with Gasteiger partial charge in [-0.25, -0.2) is 9.18 Å². The fourth-order valence-electron chi connectivity index (χ4n) is 4.25. The lowest BCUT2D eigenvalue weighted by molar-refractivity contribution is 0.0695. The van der Waals surface area contributed by atoms with Gasteiger partial charge >= 0.3 is 5.97 Å². The molecule has 0 aliphatic carbocycles. The summed E-state index contributed by atoms with van der Waals surface area (Å²) in [6.45, 7) is 10.3. The highest BCUT2D eigenvalue weighted by Gasteiger charge is 2.39. The Kier molecular flexibility index (Phi) is 5.22. The lowest BCUT2D eigenvalue weighted by atomic mass is 9.79. The molecule has 2 heterocycles. The van der Waals surface area contributed by atoms with Gasteiger partial charge in [-0.3, -0.25) is 0 Å². The SMILES string of the molecule is Cc1c(C(=O)O)ccc(-c2nnc(N(C)C3CC(C)(C)NC(C)(C)C3)s2)c1F. The molecule has 152 valence electrons. The van der Waals surface area contributed by atoms with Crippen LogP contribution in [-0.4, -0.2) is 45.4 Å². The minimum Gasteiger partial charge on any atom is -0.478 e. The molecule has 0 saturated carbocycles. The summed E-state index contributed by atoms with van der Waals surface area (Å²) < 4.78 is 14.7. The molecule has 2 N–H and O–H groups in total. The van der Waals surface area contributed by atoms with E-state index in [9.17, 15) is 9.18 Å². The molecule has 1 aromatic heterocycles. The van der Waals surface area contributed by atoms with Gasteiger partial charge in [0.1, 0.15) is 5.82 Å². The third-order valence-corrected chi connectivity index (χ3v) is 6.33. The van der Waals surface area contributed by atoms with Crippen molar-refractivity contribution in [1.29, 1.82) is 0 Å². The van der Waals surface area contributed by atoms with Crippen LogP contribution >= 0.6 is 11.3 Å². The van der Waals surface area contributed by atoms with Crippen LogP contribution in [0.1, 0.15) is 56.5 Å². The van der Waals surface area contributed by atoms with E-state index in [1.54, 1.807) is 0 Å². The number of hydrogen-bond donors (Lipinski definition) is 2. The van der Waals surface area contributed by atoms with E-state index in [1.807, 2.05) is 7.05 Å². The van der Waals surface area contributed by atoms with Crippen LogP contribution in [0.5, 0.6) is 0 Å². The molecule has 1 aromatic carbocycles. The fraction of sp³-hybridized carbons (Fsp3) is 0.550. The summed E-state index contributed by atoms with van der Waals surface area (Å²) in [5.74, 6) is -1.70. The maximum Gasteiger partial charge on any atom is 0.336 e. The number of carboxylic acid groups (broad SMARTS) is 1. The first-order valence-electron chi connectivity index (χ1n) is 9.29. The second-order valence-electron chi connectivity index (χ2n) is 8.86. The number of hydrogen-bond acceptors (Lipinski definition) is 6. The highest BCUT2D eigenvalue weighted by atomic mass is 32.1. The quantitative estimate of drug-likeness (QED) is 0.796. The predicted molar refractivity (Wildman–Crippen MR) is 110 cm³/mol. The molecule has 1 aliphatic rings. The van der Waals surface area contributed by atoms with E-state index in [4.69, 9.17) is 5.11 Å². The number of aromatic carboxylic acids is 1. The van der Waals surface area contributed by atoms with Gasteiger partial charge in [-0.2, -0.15) is 0 Å². The van der Waals surface area contributed by atoms with E-state index in [2.05, 4.69) is 48.1 Å². The minimum absolute atomic E-state index is 0.00405. The minimum atomic E-state index is -1.14. The Hall–Kier alpha value is -2.06. The Balaban J connectivity index is 1.88. The van der Waals surface area contributed by atoms with Crippen molar-refractivity contribution in [3.63, 3.8) is 0 Å². The summed E-state index contributed by atoms with van der Waals surface area (Å²) in [7, 11) is 2.00. The van der Waals surface area contributed by atoms with Crippen LogP contribution in [0.4, 0.5) is 9.52 Å². The number of piperidine rings is 1. The van der Waals surface area contributed by atoms with Crippen molar-refractivity contribution >= 4 is 22.4 Å². The van der Waals surface area contributed by atoms with Crippen LogP contribution in [0.25, 0.3) is 10.6 Å². The molecule has 1 fully saturated rings. The molecule has 0 radical (unpaired) electrons. The van der Waals surface area contributed by atoms with Crippen LogP contribution in [-0.2, 0) is 0 Å². The Bertz CT molecular complexity index is 894. The number of carbonyl (C=O) groups is 1. The highest BCUT2D eigenvalue weighted by molar-refractivity contribution is 7.18. The zero-order valence-corrected chi connectivity index (χ0v) is 17.9. The molecule has 1 aliphatic heterocycles. The normalized spacial score (nSPS) is 18.8. The summed E-state index contributed by atoms with van der Waals surface area (Å²) in [5.41, 5.74) is 0.360. The monoisotopic (exact) mass is 406 g/mol. The average molecular weight is 407 g/mol. The Morgan fingerprint density at radius 2 is 1.86 bits per heavy atom. The largest absolute Gasteiger partial charge is 0.478 e. The highest BCUT2D eigenvalue weighted by Crippen LogP contribution is 2.36. The van der Waals surface area contributed by atoms with E-state index in [1.165, 1.54) is 30.4 Å². The number of carboxylic acids is 1. The summed E-state index contributed by atoms with van der Waals surface area (Å²) in [5, 5.41) is 22.5. The fourth-order valence-corrected chi connectivity index (χ4v) is 5.14. The van der Waals surface area contributed by atoms with Crippen LogP contribution in [0.2, 0.25) is 0 Å². The number of nitrogens with one attached hydrogen (secondary N) is 1. The summed E-state index contributed by atoms with van der Waals surface area (Å²) >= 11 is 1.32. The third kappa shape index (κ3) is 4.03. The molecule has 0 atom stereocenters. The number of anilines is 1. The number of halogens is 1.